The van der Waals surface area contributed by atoms with Gasteiger partial charge in [-0.1, -0.05) is 19.9 Å². The quantitative estimate of drug-likeness (QED) is 0.877. The van der Waals surface area contributed by atoms with Crippen molar-refractivity contribution in [2.75, 3.05) is 6.54 Å². The second-order valence-electron chi connectivity index (χ2n) is 4.25. The van der Waals surface area contributed by atoms with Crippen LogP contribution in [0.4, 0.5) is 4.39 Å². The molecule has 3 nitrogen and oxygen atoms in total. The molecule has 0 aliphatic carbocycles. The predicted octanol–water partition coefficient (Wildman–Crippen LogP) is 2.84. The minimum absolute atomic E-state index is 0.181. The third-order valence-corrected chi connectivity index (χ3v) is 4.13. The lowest BCUT2D eigenvalue weighted by atomic mass is 9.92. The van der Waals surface area contributed by atoms with Gasteiger partial charge in [0.1, 0.15) is 5.82 Å². The zero-order valence-electron chi connectivity index (χ0n) is 10.6. The minimum atomic E-state index is -0.450. The maximum atomic E-state index is 13.4. The van der Waals surface area contributed by atoms with Crippen LogP contribution in [0.25, 0.3) is 0 Å². The van der Waals surface area contributed by atoms with Crippen molar-refractivity contribution in [3.05, 3.63) is 34.1 Å². The summed E-state index contributed by atoms with van der Waals surface area (Å²) in [6.45, 7) is 4.30. The summed E-state index contributed by atoms with van der Waals surface area (Å²) in [6.07, 6.45) is 1.47. The highest BCUT2D eigenvalue weighted by atomic mass is 79.9. The van der Waals surface area contributed by atoms with Crippen molar-refractivity contribution < 1.29 is 9.18 Å². The number of benzene rings is 1. The first-order chi connectivity index (χ1) is 8.49. The van der Waals surface area contributed by atoms with Crippen molar-refractivity contribution in [2.45, 2.75) is 32.2 Å². The fraction of sp³-hybridized carbons (Fsp3) is 0.462. The predicted molar refractivity (Wildman–Crippen MR) is 73.9 cm³/mol. The van der Waals surface area contributed by atoms with Gasteiger partial charge >= 0.3 is 0 Å². The highest BCUT2D eigenvalue weighted by Gasteiger charge is 2.27. The van der Waals surface area contributed by atoms with Crippen LogP contribution in [-0.2, 0) is 0 Å². The van der Waals surface area contributed by atoms with Crippen molar-refractivity contribution in [3.63, 3.8) is 0 Å². The standard InChI is InChI=1S/C13H18BrFN2O/c1-3-13(4-2,8-16)17-12(18)9-6-5-7-10(15)11(9)14/h5-7H,3-4,8,16H2,1-2H3,(H,17,18). The van der Waals surface area contributed by atoms with E-state index in [9.17, 15) is 9.18 Å². The smallest absolute Gasteiger partial charge is 0.253 e. The fourth-order valence-electron chi connectivity index (χ4n) is 1.75. The number of rotatable bonds is 5. The van der Waals surface area contributed by atoms with Crippen molar-refractivity contribution in [3.8, 4) is 0 Å². The Hall–Kier alpha value is -0.940. The molecule has 100 valence electrons. The van der Waals surface area contributed by atoms with Gasteiger partial charge < -0.3 is 11.1 Å². The van der Waals surface area contributed by atoms with Crippen molar-refractivity contribution in [2.24, 2.45) is 5.73 Å². The van der Waals surface area contributed by atoms with Crippen LogP contribution in [0.3, 0.4) is 0 Å². The van der Waals surface area contributed by atoms with E-state index in [0.717, 1.165) is 12.8 Å². The summed E-state index contributed by atoms with van der Waals surface area (Å²) in [4.78, 5) is 12.1. The molecule has 0 saturated carbocycles. The molecule has 0 aromatic heterocycles. The number of halogens is 2. The number of carbonyl (C=O) groups is 1. The molecule has 0 unspecified atom stereocenters. The van der Waals surface area contributed by atoms with Gasteiger partial charge in [-0.2, -0.15) is 0 Å². The molecule has 0 fully saturated rings. The van der Waals surface area contributed by atoms with E-state index in [1.54, 1.807) is 6.07 Å². The van der Waals surface area contributed by atoms with Crippen LogP contribution in [0.2, 0.25) is 0 Å². The Morgan fingerprint density at radius 1 is 1.44 bits per heavy atom. The second kappa shape index (κ2) is 6.29. The van der Waals surface area contributed by atoms with E-state index in [1.165, 1.54) is 12.1 Å². The lowest BCUT2D eigenvalue weighted by Crippen LogP contribution is -2.52. The molecule has 0 aliphatic heterocycles. The summed E-state index contributed by atoms with van der Waals surface area (Å²) in [7, 11) is 0. The fourth-order valence-corrected chi connectivity index (χ4v) is 2.20. The Morgan fingerprint density at radius 2 is 2.06 bits per heavy atom. The van der Waals surface area contributed by atoms with Gasteiger partial charge in [-0.05, 0) is 40.9 Å². The van der Waals surface area contributed by atoms with Crippen LogP contribution in [0.15, 0.2) is 22.7 Å². The molecule has 1 rings (SSSR count). The van der Waals surface area contributed by atoms with Gasteiger partial charge in [-0.25, -0.2) is 4.39 Å². The number of amides is 1. The topological polar surface area (TPSA) is 55.1 Å². The Bertz CT molecular complexity index is 425. The number of nitrogens with one attached hydrogen (secondary N) is 1. The highest BCUT2D eigenvalue weighted by molar-refractivity contribution is 9.10. The van der Waals surface area contributed by atoms with Crippen molar-refractivity contribution in [1.29, 1.82) is 0 Å². The number of hydrogen-bond donors (Lipinski definition) is 2. The summed E-state index contributed by atoms with van der Waals surface area (Å²) >= 11 is 3.09. The molecule has 3 N–H and O–H groups in total. The zero-order valence-corrected chi connectivity index (χ0v) is 12.2. The number of hydrogen-bond acceptors (Lipinski definition) is 2. The van der Waals surface area contributed by atoms with E-state index < -0.39 is 11.4 Å². The molecular weight excluding hydrogens is 299 g/mol. The molecule has 1 amide bonds. The maximum absolute atomic E-state index is 13.4. The molecule has 0 aliphatic rings. The number of carbonyl (C=O) groups excluding carboxylic acids is 1. The molecule has 18 heavy (non-hydrogen) atoms. The molecule has 0 saturated heterocycles. The van der Waals surface area contributed by atoms with E-state index in [-0.39, 0.29) is 15.9 Å². The van der Waals surface area contributed by atoms with Gasteiger partial charge in [-0.15, -0.1) is 0 Å². The Morgan fingerprint density at radius 3 is 2.56 bits per heavy atom. The first-order valence-electron chi connectivity index (χ1n) is 5.96. The lowest BCUT2D eigenvalue weighted by molar-refractivity contribution is 0.0894. The average Bonchev–Trinajstić information content (AvgIpc) is 2.39. The van der Waals surface area contributed by atoms with E-state index >= 15 is 0 Å². The normalized spacial score (nSPS) is 11.4. The summed E-state index contributed by atoms with van der Waals surface area (Å²) < 4.78 is 13.5. The van der Waals surface area contributed by atoms with E-state index in [2.05, 4.69) is 21.2 Å². The average molecular weight is 317 g/mol. The summed E-state index contributed by atoms with van der Waals surface area (Å²) in [5.74, 6) is -0.760. The van der Waals surface area contributed by atoms with E-state index in [0.29, 0.717) is 6.54 Å². The third kappa shape index (κ3) is 3.09. The SMILES string of the molecule is CCC(CC)(CN)NC(=O)c1cccc(F)c1Br. The Labute approximate surface area is 115 Å². The molecule has 0 heterocycles. The summed E-state index contributed by atoms with van der Waals surface area (Å²) in [5.41, 5.74) is 5.58. The van der Waals surface area contributed by atoms with Crippen LogP contribution in [0.1, 0.15) is 37.0 Å². The van der Waals surface area contributed by atoms with Crippen LogP contribution in [0.5, 0.6) is 0 Å². The summed E-state index contributed by atoms with van der Waals surface area (Å²) in [5, 5.41) is 2.90. The largest absolute Gasteiger partial charge is 0.345 e. The van der Waals surface area contributed by atoms with Gasteiger partial charge in [0.05, 0.1) is 15.6 Å². The van der Waals surface area contributed by atoms with Crippen LogP contribution < -0.4 is 11.1 Å². The van der Waals surface area contributed by atoms with E-state index in [1.807, 2.05) is 13.8 Å². The van der Waals surface area contributed by atoms with E-state index in [4.69, 9.17) is 5.73 Å². The van der Waals surface area contributed by atoms with Crippen LogP contribution >= 0.6 is 15.9 Å². The maximum Gasteiger partial charge on any atom is 0.253 e. The molecular formula is C13H18BrFN2O. The van der Waals surface area contributed by atoms with Gasteiger partial charge in [-0.3, -0.25) is 4.79 Å². The summed E-state index contributed by atoms with van der Waals surface area (Å²) in [6, 6.07) is 4.39. The minimum Gasteiger partial charge on any atom is -0.345 e. The Balaban J connectivity index is 2.98. The monoisotopic (exact) mass is 316 g/mol. The molecule has 5 heteroatoms. The third-order valence-electron chi connectivity index (χ3n) is 3.32. The molecule has 0 radical (unpaired) electrons. The Kier molecular flexibility index (Phi) is 5.28. The van der Waals surface area contributed by atoms with Gasteiger partial charge in [0, 0.05) is 6.54 Å². The van der Waals surface area contributed by atoms with Crippen LogP contribution in [0, 0.1) is 5.82 Å². The zero-order chi connectivity index (χ0) is 13.8. The van der Waals surface area contributed by atoms with Crippen LogP contribution in [-0.4, -0.2) is 18.0 Å². The highest BCUT2D eigenvalue weighted by Crippen LogP contribution is 2.22. The first kappa shape index (κ1) is 15.1. The van der Waals surface area contributed by atoms with Gasteiger partial charge in [0.25, 0.3) is 5.91 Å². The second-order valence-corrected chi connectivity index (χ2v) is 5.04. The molecule has 0 atom stereocenters. The lowest BCUT2D eigenvalue weighted by Gasteiger charge is -2.31. The van der Waals surface area contributed by atoms with Crippen molar-refractivity contribution >= 4 is 21.8 Å². The first-order valence-corrected chi connectivity index (χ1v) is 6.75. The molecule has 1 aromatic carbocycles. The van der Waals surface area contributed by atoms with Crippen molar-refractivity contribution in [1.82, 2.24) is 5.32 Å². The molecule has 0 bridgehead atoms. The molecule has 0 spiro atoms. The van der Waals surface area contributed by atoms with Gasteiger partial charge in [0.15, 0.2) is 0 Å². The van der Waals surface area contributed by atoms with Gasteiger partial charge in [0.2, 0.25) is 0 Å². The molecule has 1 aromatic rings. The number of nitrogens with two attached hydrogens (primary N) is 1.